The van der Waals surface area contributed by atoms with Gasteiger partial charge in [0.05, 0.1) is 18.4 Å². The smallest absolute Gasteiger partial charge is 0.141 e. The van der Waals surface area contributed by atoms with Gasteiger partial charge in [0.2, 0.25) is 0 Å². The molecule has 2 heterocycles. The lowest BCUT2D eigenvalue weighted by atomic mass is 10.1. The Hall–Kier alpha value is -2.67. The first-order chi connectivity index (χ1) is 11.3. The van der Waals surface area contributed by atoms with Gasteiger partial charge in [-0.2, -0.15) is 5.10 Å². The highest BCUT2D eigenvalue weighted by atomic mass is 32.2. The van der Waals surface area contributed by atoms with Gasteiger partial charge in [0.25, 0.3) is 0 Å². The van der Waals surface area contributed by atoms with E-state index in [9.17, 15) is 0 Å². The molecular formula is C16H15N5OS. The van der Waals surface area contributed by atoms with Crippen molar-refractivity contribution < 1.29 is 4.74 Å². The van der Waals surface area contributed by atoms with Gasteiger partial charge < -0.3 is 4.74 Å². The number of thioether (sulfide) groups is 1. The quantitative estimate of drug-likeness (QED) is 0.515. The second-order valence-corrected chi connectivity index (χ2v) is 5.61. The van der Waals surface area contributed by atoms with E-state index >= 15 is 0 Å². The van der Waals surface area contributed by atoms with Gasteiger partial charge in [-0.25, -0.2) is 9.66 Å². The summed E-state index contributed by atoms with van der Waals surface area (Å²) in [5.74, 6) is 1.63. The summed E-state index contributed by atoms with van der Waals surface area (Å²) in [6.07, 6.45) is 6.63. The Labute approximate surface area is 138 Å². The summed E-state index contributed by atoms with van der Waals surface area (Å²) < 4.78 is 6.98. The molecule has 0 fully saturated rings. The van der Waals surface area contributed by atoms with Crippen LogP contribution in [-0.4, -0.2) is 33.2 Å². The highest BCUT2D eigenvalue weighted by Crippen LogP contribution is 2.27. The zero-order valence-corrected chi connectivity index (χ0v) is 13.3. The van der Waals surface area contributed by atoms with Crippen molar-refractivity contribution in [2.24, 2.45) is 5.10 Å². The third-order valence-electron chi connectivity index (χ3n) is 3.06. The maximum atomic E-state index is 5.44. The number of aromatic nitrogens is 4. The molecule has 0 amide bonds. The monoisotopic (exact) mass is 325 g/mol. The van der Waals surface area contributed by atoms with Crippen LogP contribution in [0.5, 0.6) is 5.75 Å². The van der Waals surface area contributed by atoms with Crippen LogP contribution in [0.25, 0.3) is 0 Å². The fraction of sp³-hybridized carbons (Fsp3) is 0.125. The van der Waals surface area contributed by atoms with Crippen LogP contribution in [0, 0.1) is 0 Å². The number of pyridine rings is 1. The maximum Gasteiger partial charge on any atom is 0.141 e. The standard InChI is InChI=1S/C16H15N5OS/c1-22-15-6-5-13(9-20-21-11-18-19-12-21)8-14(15)10-23-16-4-2-3-7-17-16/h2-9,11-12H,10H2,1H3. The molecule has 23 heavy (non-hydrogen) atoms. The molecule has 2 aromatic heterocycles. The average Bonchev–Trinajstić information content (AvgIpc) is 3.12. The molecule has 0 bridgehead atoms. The third kappa shape index (κ3) is 4.17. The predicted octanol–water partition coefficient (Wildman–Crippen LogP) is 2.86. The Balaban J connectivity index is 1.76. The summed E-state index contributed by atoms with van der Waals surface area (Å²) in [4.78, 5) is 4.32. The molecule has 0 saturated heterocycles. The van der Waals surface area contributed by atoms with Crippen LogP contribution in [0.1, 0.15) is 11.1 Å². The number of hydrogen-bond acceptors (Lipinski definition) is 6. The summed E-state index contributed by atoms with van der Waals surface area (Å²) in [5, 5.41) is 12.7. The van der Waals surface area contributed by atoms with E-state index in [2.05, 4.69) is 26.3 Å². The molecule has 3 rings (SSSR count). The van der Waals surface area contributed by atoms with Crippen molar-refractivity contribution in [3.63, 3.8) is 0 Å². The summed E-state index contributed by atoms with van der Waals surface area (Å²) in [6, 6.07) is 11.8. The van der Waals surface area contributed by atoms with Crippen LogP contribution in [0.3, 0.4) is 0 Å². The van der Waals surface area contributed by atoms with Gasteiger partial charge in [0.1, 0.15) is 18.4 Å². The van der Waals surface area contributed by atoms with E-state index < -0.39 is 0 Å². The zero-order chi connectivity index (χ0) is 15.9. The van der Waals surface area contributed by atoms with Crippen molar-refractivity contribution in [1.29, 1.82) is 0 Å². The Bertz CT molecular complexity index is 774. The summed E-state index contributed by atoms with van der Waals surface area (Å²) in [7, 11) is 1.68. The molecule has 0 saturated carbocycles. The molecule has 0 spiro atoms. The van der Waals surface area contributed by atoms with Crippen LogP contribution in [0.4, 0.5) is 0 Å². The molecule has 0 unspecified atom stereocenters. The Kier molecular flexibility index (Phi) is 5.00. The van der Waals surface area contributed by atoms with Crippen LogP contribution in [-0.2, 0) is 5.75 Å². The van der Waals surface area contributed by atoms with Crippen molar-refractivity contribution in [2.75, 3.05) is 7.11 Å². The van der Waals surface area contributed by atoms with Gasteiger partial charge in [-0.05, 0) is 35.9 Å². The lowest BCUT2D eigenvalue weighted by Gasteiger charge is -2.09. The Morgan fingerprint density at radius 1 is 1.22 bits per heavy atom. The highest BCUT2D eigenvalue weighted by molar-refractivity contribution is 7.98. The number of ether oxygens (including phenoxy) is 1. The van der Waals surface area contributed by atoms with Crippen molar-refractivity contribution in [3.8, 4) is 5.75 Å². The lowest BCUT2D eigenvalue weighted by molar-refractivity contribution is 0.411. The second kappa shape index (κ2) is 7.55. The molecule has 3 aromatic rings. The topological polar surface area (TPSA) is 65.2 Å². The van der Waals surface area contributed by atoms with Gasteiger partial charge in [-0.3, -0.25) is 0 Å². The van der Waals surface area contributed by atoms with Crippen molar-refractivity contribution in [1.82, 2.24) is 19.9 Å². The minimum atomic E-state index is 0.772. The minimum Gasteiger partial charge on any atom is -0.496 e. The fourth-order valence-corrected chi connectivity index (χ4v) is 2.80. The molecule has 0 N–H and O–H groups in total. The number of hydrogen-bond donors (Lipinski definition) is 0. The molecule has 0 aliphatic carbocycles. The zero-order valence-electron chi connectivity index (χ0n) is 12.5. The first kappa shape index (κ1) is 15.2. The van der Waals surface area contributed by atoms with Crippen LogP contribution >= 0.6 is 11.8 Å². The fourth-order valence-electron chi connectivity index (χ4n) is 1.96. The van der Waals surface area contributed by atoms with E-state index in [1.807, 2.05) is 30.3 Å². The Morgan fingerprint density at radius 3 is 2.83 bits per heavy atom. The maximum absolute atomic E-state index is 5.44. The number of nitrogens with zero attached hydrogens (tertiary/aromatic N) is 5. The molecule has 0 aliphatic heterocycles. The van der Waals surface area contributed by atoms with E-state index in [1.165, 1.54) is 12.7 Å². The van der Waals surface area contributed by atoms with Crippen molar-refractivity contribution >= 4 is 18.0 Å². The number of methoxy groups -OCH3 is 1. The summed E-state index contributed by atoms with van der Waals surface area (Å²) >= 11 is 1.67. The molecule has 0 aliphatic rings. The van der Waals surface area contributed by atoms with Crippen LogP contribution in [0.15, 0.2) is 65.4 Å². The molecule has 0 atom stereocenters. The van der Waals surface area contributed by atoms with Crippen LogP contribution in [0.2, 0.25) is 0 Å². The lowest BCUT2D eigenvalue weighted by Crippen LogP contribution is -1.94. The van der Waals surface area contributed by atoms with Gasteiger partial charge in [-0.1, -0.05) is 6.07 Å². The first-order valence-corrected chi connectivity index (χ1v) is 7.93. The number of benzene rings is 1. The first-order valence-electron chi connectivity index (χ1n) is 6.95. The molecule has 0 radical (unpaired) electrons. The van der Waals surface area contributed by atoms with E-state index in [0.717, 1.165) is 27.7 Å². The van der Waals surface area contributed by atoms with Crippen molar-refractivity contribution in [3.05, 3.63) is 66.4 Å². The molecule has 7 heteroatoms. The Morgan fingerprint density at radius 2 is 2.09 bits per heavy atom. The third-order valence-corrected chi connectivity index (χ3v) is 4.06. The summed E-state index contributed by atoms with van der Waals surface area (Å²) in [5.41, 5.74) is 2.08. The minimum absolute atomic E-state index is 0.772. The number of rotatable bonds is 6. The predicted molar refractivity (Wildman–Crippen MR) is 89.8 cm³/mol. The summed E-state index contributed by atoms with van der Waals surface area (Å²) in [6.45, 7) is 0. The van der Waals surface area contributed by atoms with Crippen molar-refractivity contribution in [2.45, 2.75) is 10.8 Å². The highest BCUT2D eigenvalue weighted by Gasteiger charge is 2.05. The van der Waals surface area contributed by atoms with Gasteiger partial charge in [-0.15, -0.1) is 22.0 Å². The molecule has 6 nitrogen and oxygen atoms in total. The average molecular weight is 325 g/mol. The van der Waals surface area contributed by atoms with Crippen LogP contribution < -0.4 is 4.74 Å². The van der Waals surface area contributed by atoms with E-state index in [1.54, 1.807) is 36.0 Å². The van der Waals surface area contributed by atoms with Gasteiger partial charge in [0.15, 0.2) is 0 Å². The normalized spacial score (nSPS) is 11.0. The van der Waals surface area contributed by atoms with E-state index in [-0.39, 0.29) is 0 Å². The molecular weight excluding hydrogens is 310 g/mol. The SMILES string of the molecule is COc1ccc(C=Nn2cnnc2)cc1CSc1ccccn1. The largest absolute Gasteiger partial charge is 0.496 e. The molecule has 1 aromatic carbocycles. The van der Waals surface area contributed by atoms with E-state index in [4.69, 9.17) is 4.74 Å². The van der Waals surface area contributed by atoms with Gasteiger partial charge in [0, 0.05) is 17.5 Å². The van der Waals surface area contributed by atoms with Gasteiger partial charge >= 0.3 is 0 Å². The second-order valence-electron chi connectivity index (χ2n) is 4.61. The van der Waals surface area contributed by atoms with E-state index in [0.29, 0.717) is 0 Å². The molecule has 116 valence electrons.